The number of nitrogens with zero attached hydrogens (tertiary/aromatic N) is 1. The number of rotatable bonds is 4. The largest absolute Gasteiger partial charge is 0.396 e. The standard InChI is InChI=1S/C14H20N2O2/c17-10-7-13-14(18)16(9-4-8-15-13)11-12-5-2-1-3-6-12/h1-3,5-6,13,15,17H,4,7-11H2. The third-order valence-electron chi connectivity index (χ3n) is 3.24. The lowest BCUT2D eigenvalue weighted by atomic mass is 10.1. The quantitative estimate of drug-likeness (QED) is 0.827. The van der Waals surface area contributed by atoms with E-state index < -0.39 is 0 Å². The Balaban J connectivity index is 2.03. The molecule has 1 atom stereocenters. The van der Waals surface area contributed by atoms with E-state index in [0.29, 0.717) is 13.0 Å². The average molecular weight is 248 g/mol. The SMILES string of the molecule is O=C1C(CCO)NCCCN1Cc1ccccc1. The van der Waals surface area contributed by atoms with Crippen LogP contribution in [0.4, 0.5) is 0 Å². The Hall–Kier alpha value is -1.39. The van der Waals surface area contributed by atoms with E-state index in [4.69, 9.17) is 5.11 Å². The van der Waals surface area contributed by atoms with Gasteiger partial charge in [-0.2, -0.15) is 0 Å². The Morgan fingerprint density at radius 2 is 2.11 bits per heavy atom. The first-order valence-corrected chi connectivity index (χ1v) is 6.48. The topological polar surface area (TPSA) is 52.6 Å². The second-order valence-corrected chi connectivity index (χ2v) is 4.62. The van der Waals surface area contributed by atoms with Crippen LogP contribution in [0.1, 0.15) is 18.4 Å². The van der Waals surface area contributed by atoms with E-state index in [2.05, 4.69) is 5.32 Å². The van der Waals surface area contributed by atoms with Crippen LogP contribution in [-0.4, -0.2) is 41.7 Å². The zero-order chi connectivity index (χ0) is 12.8. The molecule has 18 heavy (non-hydrogen) atoms. The molecule has 1 aliphatic rings. The predicted octanol–water partition coefficient (Wildman–Crippen LogP) is 0.759. The number of aliphatic hydroxyl groups excluding tert-OH is 1. The minimum absolute atomic E-state index is 0.0442. The summed E-state index contributed by atoms with van der Waals surface area (Å²) in [5.41, 5.74) is 1.15. The third kappa shape index (κ3) is 3.31. The molecule has 2 N–H and O–H groups in total. The van der Waals surface area contributed by atoms with Crippen LogP contribution in [0.3, 0.4) is 0 Å². The van der Waals surface area contributed by atoms with Crippen LogP contribution in [0.15, 0.2) is 30.3 Å². The summed E-state index contributed by atoms with van der Waals surface area (Å²) >= 11 is 0. The van der Waals surface area contributed by atoms with Crippen molar-refractivity contribution < 1.29 is 9.90 Å². The Morgan fingerprint density at radius 3 is 2.83 bits per heavy atom. The number of nitrogens with one attached hydrogen (secondary N) is 1. The molecule has 1 heterocycles. The molecule has 1 fully saturated rings. The first-order valence-electron chi connectivity index (χ1n) is 6.48. The fourth-order valence-corrected chi connectivity index (χ4v) is 2.28. The summed E-state index contributed by atoms with van der Waals surface area (Å²) in [6.07, 6.45) is 1.45. The molecule has 0 bridgehead atoms. The van der Waals surface area contributed by atoms with Crippen molar-refractivity contribution in [3.05, 3.63) is 35.9 Å². The molecule has 4 nitrogen and oxygen atoms in total. The first kappa shape index (κ1) is 13.1. The second kappa shape index (κ2) is 6.52. The van der Waals surface area contributed by atoms with Crippen molar-refractivity contribution >= 4 is 5.91 Å². The van der Waals surface area contributed by atoms with Crippen molar-refractivity contribution in [3.8, 4) is 0 Å². The first-order chi connectivity index (χ1) is 8.81. The Labute approximate surface area is 108 Å². The summed E-state index contributed by atoms with van der Waals surface area (Å²) in [5, 5.41) is 12.2. The minimum Gasteiger partial charge on any atom is -0.396 e. The van der Waals surface area contributed by atoms with E-state index in [9.17, 15) is 4.79 Å². The molecule has 0 radical (unpaired) electrons. The van der Waals surface area contributed by atoms with E-state index in [-0.39, 0.29) is 18.6 Å². The summed E-state index contributed by atoms with van der Waals surface area (Å²) in [7, 11) is 0. The lowest BCUT2D eigenvalue weighted by molar-refractivity contribution is -0.133. The second-order valence-electron chi connectivity index (χ2n) is 4.62. The molecule has 0 saturated carbocycles. The maximum atomic E-state index is 12.3. The number of hydrogen-bond acceptors (Lipinski definition) is 3. The molecule has 2 rings (SSSR count). The Kier molecular flexibility index (Phi) is 4.73. The van der Waals surface area contributed by atoms with Gasteiger partial charge in [0.2, 0.25) is 5.91 Å². The summed E-state index contributed by atoms with van der Waals surface area (Å²) < 4.78 is 0. The van der Waals surface area contributed by atoms with Gasteiger partial charge in [-0.25, -0.2) is 0 Å². The summed E-state index contributed by atoms with van der Waals surface area (Å²) in [5.74, 6) is 0.102. The Morgan fingerprint density at radius 1 is 1.33 bits per heavy atom. The van der Waals surface area contributed by atoms with Crippen LogP contribution in [0, 0.1) is 0 Å². The lowest BCUT2D eigenvalue weighted by Gasteiger charge is -2.24. The normalized spacial score (nSPS) is 20.8. The molecule has 0 aromatic heterocycles. The van der Waals surface area contributed by atoms with Crippen LogP contribution in [0.5, 0.6) is 0 Å². The van der Waals surface area contributed by atoms with Gasteiger partial charge < -0.3 is 15.3 Å². The van der Waals surface area contributed by atoms with Gasteiger partial charge in [-0.15, -0.1) is 0 Å². The van der Waals surface area contributed by atoms with Gasteiger partial charge in [0.1, 0.15) is 0 Å². The number of aliphatic hydroxyl groups is 1. The highest BCUT2D eigenvalue weighted by Crippen LogP contribution is 2.10. The summed E-state index contributed by atoms with van der Waals surface area (Å²) in [6.45, 7) is 2.32. The molecule has 98 valence electrons. The maximum Gasteiger partial charge on any atom is 0.240 e. The molecule has 0 aliphatic carbocycles. The number of amides is 1. The molecular weight excluding hydrogens is 228 g/mol. The zero-order valence-corrected chi connectivity index (χ0v) is 10.5. The van der Waals surface area contributed by atoms with Crippen molar-refractivity contribution in [2.75, 3.05) is 19.7 Å². The maximum absolute atomic E-state index is 12.3. The number of carbonyl (C=O) groups is 1. The molecule has 1 aromatic rings. The average Bonchev–Trinajstić information content (AvgIpc) is 2.56. The van der Waals surface area contributed by atoms with Gasteiger partial charge in [0, 0.05) is 19.7 Å². The van der Waals surface area contributed by atoms with Crippen LogP contribution in [0.2, 0.25) is 0 Å². The van der Waals surface area contributed by atoms with E-state index >= 15 is 0 Å². The molecule has 1 saturated heterocycles. The van der Waals surface area contributed by atoms with Crippen molar-refractivity contribution in [2.24, 2.45) is 0 Å². The lowest BCUT2D eigenvalue weighted by Crippen LogP contribution is -2.43. The molecule has 1 amide bonds. The van der Waals surface area contributed by atoms with Gasteiger partial charge in [0.15, 0.2) is 0 Å². The molecule has 4 heteroatoms. The van der Waals surface area contributed by atoms with Crippen molar-refractivity contribution in [1.82, 2.24) is 10.2 Å². The molecule has 1 aliphatic heterocycles. The van der Waals surface area contributed by atoms with Gasteiger partial charge in [-0.1, -0.05) is 30.3 Å². The third-order valence-corrected chi connectivity index (χ3v) is 3.24. The number of carbonyl (C=O) groups excluding carboxylic acids is 1. The molecule has 1 aromatic carbocycles. The van der Waals surface area contributed by atoms with Crippen molar-refractivity contribution in [3.63, 3.8) is 0 Å². The highest BCUT2D eigenvalue weighted by atomic mass is 16.3. The monoisotopic (exact) mass is 248 g/mol. The number of benzene rings is 1. The number of hydrogen-bond donors (Lipinski definition) is 2. The summed E-state index contributed by atoms with van der Waals surface area (Å²) in [6, 6.07) is 9.78. The highest BCUT2D eigenvalue weighted by Gasteiger charge is 2.25. The van der Waals surface area contributed by atoms with E-state index in [1.807, 2.05) is 35.2 Å². The van der Waals surface area contributed by atoms with Gasteiger partial charge in [0.05, 0.1) is 6.04 Å². The fraction of sp³-hybridized carbons (Fsp3) is 0.500. The molecule has 1 unspecified atom stereocenters. The molecular formula is C14H20N2O2. The van der Waals surface area contributed by atoms with Crippen LogP contribution >= 0.6 is 0 Å². The highest BCUT2D eigenvalue weighted by molar-refractivity contribution is 5.82. The smallest absolute Gasteiger partial charge is 0.240 e. The van der Waals surface area contributed by atoms with Crippen molar-refractivity contribution in [2.45, 2.75) is 25.4 Å². The van der Waals surface area contributed by atoms with Gasteiger partial charge in [0.25, 0.3) is 0 Å². The van der Waals surface area contributed by atoms with E-state index in [0.717, 1.165) is 25.1 Å². The fourth-order valence-electron chi connectivity index (χ4n) is 2.28. The van der Waals surface area contributed by atoms with Crippen LogP contribution < -0.4 is 5.32 Å². The van der Waals surface area contributed by atoms with Gasteiger partial charge in [-0.3, -0.25) is 4.79 Å². The van der Waals surface area contributed by atoms with Gasteiger partial charge in [-0.05, 0) is 24.9 Å². The van der Waals surface area contributed by atoms with Crippen molar-refractivity contribution in [1.29, 1.82) is 0 Å². The van der Waals surface area contributed by atoms with Crippen LogP contribution in [0.25, 0.3) is 0 Å². The zero-order valence-electron chi connectivity index (χ0n) is 10.5. The van der Waals surface area contributed by atoms with Crippen LogP contribution in [-0.2, 0) is 11.3 Å². The Bertz CT molecular complexity index is 381. The minimum atomic E-state index is -0.235. The van der Waals surface area contributed by atoms with Gasteiger partial charge >= 0.3 is 0 Å². The summed E-state index contributed by atoms with van der Waals surface area (Å²) in [4.78, 5) is 14.2. The predicted molar refractivity (Wildman–Crippen MR) is 70.0 cm³/mol. The van der Waals surface area contributed by atoms with E-state index in [1.165, 1.54) is 0 Å². The van der Waals surface area contributed by atoms with E-state index in [1.54, 1.807) is 0 Å². The molecule has 0 spiro atoms.